The highest BCUT2D eigenvalue weighted by Crippen LogP contribution is 2.27. The zero-order chi connectivity index (χ0) is 13.8. The van der Waals surface area contributed by atoms with Crippen molar-refractivity contribution < 1.29 is 4.79 Å². The molecule has 0 bridgehead atoms. The van der Waals surface area contributed by atoms with Crippen molar-refractivity contribution in [2.75, 3.05) is 12.5 Å². The molecule has 2 rings (SSSR count). The molecule has 19 heavy (non-hydrogen) atoms. The molecule has 1 heterocycles. The summed E-state index contributed by atoms with van der Waals surface area (Å²) < 4.78 is 0. The SMILES string of the molecule is CC1CCC(N(C)C(=O)c2cc(NN)ccn2)CC1. The Balaban J connectivity index is 2.05. The number of amides is 1. The van der Waals surface area contributed by atoms with Crippen molar-refractivity contribution in [1.29, 1.82) is 0 Å². The van der Waals surface area contributed by atoms with Crippen molar-refractivity contribution in [2.45, 2.75) is 38.6 Å². The minimum Gasteiger partial charge on any atom is -0.337 e. The molecule has 1 aliphatic rings. The first-order chi connectivity index (χ1) is 9.11. The lowest BCUT2D eigenvalue weighted by atomic mass is 9.86. The molecule has 0 aromatic carbocycles. The van der Waals surface area contributed by atoms with E-state index in [0.29, 0.717) is 17.4 Å². The van der Waals surface area contributed by atoms with E-state index in [-0.39, 0.29) is 5.91 Å². The average molecular weight is 262 g/mol. The molecule has 1 fully saturated rings. The number of carbonyl (C=O) groups excluding carboxylic acids is 1. The van der Waals surface area contributed by atoms with Gasteiger partial charge in [-0.15, -0.1) is 0 Å². The van der Waals surface area contributed by atoms with E-state index in [9.17, 15) is 4.79 Å². The summed E-state index contributed by atoms with van der Waals surface area (Å²) in [4.78, 5) is 18.3. The van der Waals surface area contributed by atoms with Crippen LogP contribution in [0.5, 0.6) is 0 Å². The van der Waals surface area contributed by atoms with E-state index < -0.39 is 0 Å². The van der Waals surface area contributed by atoms with Crippen LogP contribution < -0.4 is 11.3 Å². The molecule has 5 heteroatoms. The number of nitrogens with two attached hydrogens (primary N) is 1. The normalized spacial score (nSPS) is 22.9. The number of aromatic nitrogens is 1. The second kappa shape index (κ2) is 6.02. The van der Waals surface area contributed by atoms with E-state index in [1.807, 2.05) is 11.9 Å². The van der Waals surface area contributed by atoms with Crippen LogP contribution in [-0.4, -0.2) is 28.9 Å². The number of pyridine rings is 1. The second-order valence-electron chi connectivity index (χ2n) is 5.40. The third kappa shape index (κ3) is 3.23. The summed E-state index contributed by atoms with van der Waals surface area (Å²) in [5, 5.41) is 0. The van der Waals surface area contributed by atoms with Gasteiger partial charge < -0.3 is 10.3 Å². The maximum absolute atomic E-state index is 12.4. The molecule has 0 radical (unpaired) electrons. The summed E-state index contributed by atoms with van der Waals surface area (Å²) in [6.45, 7) is 2.27. The lowest BCUT2D eigenvalue weighted by molar-refractivity contribution is 0.0673. The zero-order valence-corrected chi connectivity index (χ0v) is 11.6. The summed E-state index contributed by atoms with van der Waals surface area (Å²) in [7, 11) is 1.87. The number of nitrogens with one attached hydrogen (secondary N) is 1. The molecule has 0 atom stereocenters. The molecule has 1 aliphatic carbocycles. The number of rotatable bonds is 3. The molecule has 104 valence electrons. The molecule has 5 nitrogen and oxygen atoms in total. The molecule has 0 aliphatic heterocycles. The quantitative estimate of drug-likeness (QED) is 0.646. The first-order valence-electron chi connectivity index (χ1n) is 6.81. The van der Waals surface area contributed by atoms with Crippen molar-refractivity contribution in [3.8, 4) is 0 Å². The van der Waals surface area contributed by atoms with Crippen molar-refractivity contribution in [1.82, 2.24) is 9.88 Å². The van der Waals surface area contributed by atoms with E-state index in [2.05, 4.69) is 17.3 Å². The summed E-state index contributed by atoms with van der Waals surface area (Å²) >= 11 is 0. The molecule has 1 saturated carbocycles. The highest BCUT2D eigenvalue weighted by Gasteiger charge is 2.26. The highest BCUT2D eigenvalue weighted by molar-refractivity contribution is 5.93. The van der Waals surface area contributed by atoms with Crippen LogP contribution in [-0.2, 0) is 0 Å². The lowest BCUT2D eigenvalue weighted by Crippen LogP contribution is -2.39. The largest absolute Gasteiger partial charge is 0.337 e. The molecule has 1 amide bonds. The van der Waals surface area contributed by atoms with E-state index in [1.165, 1.54) is 12.8 Å². The van der Waals surface area contributed by atoms with E-state index in [1.54, 1.807) is 18.3 Å². The number of hydrogen-bond donors (Lipinski definition) is 2. The summed E-state index contributed by atoms with van der Waals surface area (Å²) in [5.41, 5.74) is 3.68. The first-order valence-corrected chi connectivity index (χ1v) is 6.81. The van der Waals surface area contributed by atoms with Crippen LogP contribution in [0.25, 0.3) is 0 Å². The number of hydrogen-bond acceptors (Lipinski definition) is 4. The van der Waals surface area contributed by atoms with Gasteiger partial charge in [-0.05, 0) is 43.7 Å². The molecular formula is C14H22N4O. The number of hydrazine groups is 1. The van der Waals surface area contributed by atoms with Gasteiger partial charge in [0.05, 0.1) is 5.69 Å². The highest BCUT2D eigenvalue weighted by atomic mass is 16.2. The summed E-state index contributed by atoms with van der Waals surface area (Å²) in [6.07, 6.45) is 6.15. The van der Waals surface area contributed by atoms with Gasteiger partial charge in [-0.3, -0.25) is 15.6 Å². The summed E-state index contributed by atoms with van der Waals surface area (Å²) in [6, 6.07) is 3.75. The van der Waals surface area contributed by atoms with Crippen molar-refractivity contribution in [2.24, 2.45) is 11.8 Å². The predicted molar refractivity (Wildman–Crippen MR) is 75.6 cm³/mol. The number of nitrogens with zero attached hydrogens (tertiary/aromatic N) is 2. The van der Waals surface area contributed by atoms with Crippen LogP contribution in [0.1, 0.15) is 43.1 Å². The average Bonchev–Trinajstić information content (AvgIpc) is 2.46. The number of carbonyl (C=O) groups is 1. The van der Waals surface area contributed by atoms with Gasteiger partial charge in [-0.25, -0.2) is 0 Å². The third-order valence-corrected chi connectivity index (χ3v) is 4.00. The van der Waals surface area contributed by atoms with Gasteiger partial charge in [-0.1, -0.05) is 6.92 Å². The Labute approximate surface area is 114 Å². The first kappa shape index (κ1) is 13.8. The molecular weight excluding hydrogens is 240 g/mol. The fourth-order valence-electron chi connectivity index (χ4n) is 2.61. The Hall–Kier alpha value is -1.62. The Bertz CT molecular complexity index is 441. The van der Waals surface area contributed by atoms with Gasteiger partial charge in [0.1, 0.15) is 5.69 Å². The Morgan fingerprint density at radius 1 is 1.42 bits per heavy atom. The molecule has 0 unspecified atom stereocenters. The molecule has 3 N–H and O–H groups in total. The fraction of sp³-hybridized carbons (Fsp3) is 0.571. The molecule has 1 aromatic rings. The van der Waals surface area contributed by atoms with E-state index in [0.717, 1.165) is 18.8 Å². The number of anilines is 1. The van der Waals surface area contributed by atoms with E-state index >= 15 is 0 Å². The Kier molecular flexibility index (Phi) is 4.37. The van der Waals surface area contributed by atoms with Crippen LogP contribution in [0, 0.1) is 5.92 Å². The predicted octanol–water partition coefficient (Wildman–Crippen LogP) is 2.02. The maximum Gasteiger partial charge on any atom is 0.272 e. The lowest BCUT2D eigenvalue weighted by Gasteiger charge is -2.33. The molecule has 0 spiro atoms. The maximum atomic E-state index is 12.4. The standard InChI is InChI=1S/C14H22N4O/c1-10-3-5-12(6-4-10)18(2)14(19)13-9-11(17-15)7-8-16-13/h7-10,12H,3-6,15H2,1-2H3,(H,16,17). The van der Waals surface area contributed by atoms with Crippen LogP contribution in [0.3, 0.4) is 0 Å². The minimum absolute atomic E-state index is 0.0309. The second-order valence-corrected chi connectivity index (χ2v) is 5.40. The monoisotopic (exact) mass is 262 g/mol. The van der Waals surface area contributed by atoms with Crippen molar-refractivity contribution in [3.63, 3.8) is 0 Å². The fourth-order valence-corrected chi connectivity index (χ4v) is 2.61. The topological polar surface area (TPSA) is 71.2 Å². The van der Waals surface area contributed by atoms with Gasteiger partial charge in [0.2, 0.25) is 0 Å². The summed E-state index contributed by atoms with van der Waals surface area (Å²) in [5.74, 6) is 6.10. The smallest absolute Gasteiger partial charge is 0.272 e. The Morgan fingerprint density at radius 3 is 2.74 bits per heavy atom. The van der Waals surface area contributed by atoms with Gasteiger partial charge in [-0.2, -0.15) is 0 Å². The minimum atomic E-state index is -0.0309. The van der Waals surface area contributed by atoms with Crippen LogP contribution >= 0.6 is 0 Å². The molecule has 0 saturated heterocycles. The van der Waals surface area contributed by atoms with E-state index in [4.69, 9.17) is 5.84 Å². The third-order valence-electron chi connectivity index (χ3n) is 4.00. The zero-order valence-electron chi connectivity index (χ0n) is 11.6. The van der Waals surface area contributed by atoms with Gasteiger partial charge in [0.25, 0.3) is 5.91 Å². The van der Waals surface area contributed by atoms with Gasteiger partial charge in [0.15, 0.2) is 0 Å². The number of nitrogen functional groups attached to an aromatic ring is 1. The van der Waals surface area contributed by atoms with Crippen LogP contribution in [0.4, 0.5) is 5.69 Å². The van der Waals surface area contributed by atoms with Crippen molar-refractivity contribution in [3.05, 3.63) is 24.0 Å². The van der Waals surface area contributed by atoms with Gasteiger partial charge in [0, 0.05) is 19.3 Å². The Morgan fingerprint density at radius 2 is 2.11 bits per heavy atom. The van der Waals surface area contributed by atoms with Gasteiger partial charge >= 0.3 is 0 Å². The molecule has 1 aromatic heterocycles. The van der Waals surface area contributed by atoms with Crippen LogP contribution in [0.2, 0.25) is 0 Å². The van der Waals surface area contributed by atoms with Crippen LogP contribution in [0.15, 0.2) is 18.3 Å². The van der Waals surface area contributed by atoms with Crippen molar-refractivity contribution >= 4 is 11.6 Å².